The SMILES string of the molecule is COc1cccc(NC(=O)CSc2ccccc2C(=O)N2CC[C@@H](N)C2)c1. The van der Waals surface area contributed by atoms with Gasteiger partial charge in [0.25, 0.3) is 5.91 Å². The number of nitrogens with zero attached hydrogens (tertiary/aromatic N) is 1. The molecule has 0 radical (unpaired) electrons. The maximum atomic E-state index is 12.8. The largest absolute Gasteiger partial charge is 0.497 e. The molecule has 1 aliphatic heterocycles. The molecule has 1 saturated heterocycles. The molecule has 1 fully saturated rings. The van der Waals surface area contributed by atoms with E-state index in [1.807, 2.05) is 30.3 Å². The van der Waals surface area contributed by atoms with Crippen molar-refractivity contribution in [1.82, 2.24) is 4.90 Å². The van der Waals surface area contributed by atoms with Crippen molar-refractivity contribution in [1.29, 1.82) is 0 Å². The van der Waals surface area contributed by atoms with Crippen LogP contribution in [0.25, 0.3) is 0 Å². The van der Waals surface area contributed by atoms with Crippen LogP contribution in [-0.2, 0) is 4.79 Å². The number of anilines is 1. The first-order chi connectivity index (χ1) is 13.1. The molecule has 3 rings (SSSR count). The Bertz CT molecular complexity index is 828. The third-order valence-electron chi connectivity index (χ3n) is 4.34. The summed E-state index contributed by atoms with van der Waals surface area (Å²) >= 11 is 1.35. The zero-order chi connectivity index (χ0) is 19.2. The molecule has 0 aromatic heterocycles. The summed E-state index contributed by atoms with van der Waals surface area (Å²) in [5.41, 5.74) is 7.20. The highest BCUT2D eigenvalue weighted by Gasteiger charge is 2.26. The first-order valence-corrected chi connectivity index (χ1v) is 9.76. The number of carbonyl (C=O) groups excluding carboxylic acids is 2. The number of hydrogen-bond acceptors (Lipinski definition) is 5. The second-order valence-electron chi connectivity index (χ2n) is 6.36. The first kappa shape index (κ1) is 19.3. The fourth-order valence-electron chi connectivity index (χ4n) is 2.95. The third-order valence-corrected chi connectivity index (χ3v) is 5.42. The van der Waals surface area contributed by atoms with Crippen LogP contribution in [0.2, 0.25) is 0 Å². The third kappa shape index (κ3) is 5.02. The lowest BCUT2D eigenvalue weighted by atomic mass is 10.2. The van der Waals surface area contributed by atoms with Gasteiger partial charge < -0.3 is 20.7 Å². The van der Waals surface area contributed by atoms with E-state index in [4.69, 9.17) is 10.5 Å². The van der Waals surface area contributed by atoms with Gasteiger partial charge in [0.15, 0.2) is 0 Å². The van der Waals surface area contributed by atoms with E-state index >= 15 is 0 Å². The minimum atomic E-state index is -0.140. The van der Waals surface area contributed by atoms with Crippen LogP contribution in [0.3, 0.4) is 0 Å². The van der Waals surface area contributed by atoms with Crippen molar-refractivity contribution in [3.05, 3.63) is 54.1 Å². The number of amides is 2. The highest BCUT2D eigenvalue weighted by atomic mass is 32.2. The number of benzene rings is 2. The minimum Gasteiger partial charge on any atom is -0.497 e. The highest BCUT2D eigenvalue weighted by Crippen LogP contribution is 2.25. The van der Waals surface area contributed by atoms with Crippen LogP contribution in [0.15, 0.2) is 53.4 Å². The van der Waals surface area contributed by atoms with E-state index in [2.05, 4.69) is 5.32 Å². The summed E-state index contributed by atoms with van der Waals surface area (Å²) in [5.74, 6) is 0.722. The number of thioether (sulfide) groups is 1. The Morgan fingerprint density at radius 1 is 1.26 bits per heavy atom. The monoisotopic (exact) mass is 385 g/mol. The second kappa shape index (κ2) is 8.92. The Morgan fingerprint density at radius 2 is 2.07 bits per heavy atom. The molecule has 7 heteroatoms. The Kier molecular flexibility index (Phi) is 6.36. The van der Waals surface area contributed by atoms with E-state index in [0.717, 1.165) is 11.3 Å². The number of nitrogens with one attached hydrogen (secondary N) is 1. The van der Waals surface area contributed by atoms with Crippen molar-refractivity contribution in [2.24, 2.45) is 5.73 Å². The molecule has 0 aliphatic carbocycles. The van der Waals surface area contributed by atoms with Gasteiger partial charge in [0.1, 0.15) is 5.75 Å². The number of likely N-dealkylation sites (tertiary alicyclic amines) is 1. The van der Waals surface area contributed by atoms with Crippen molar-refractivity contribution in [2.75, 3.05) is 31.3 Å². The average Bonchev–Trinajstić information content (AvgIpc) is 3.12. The number of carbonyl (C=O) groups is 2. The number of hydrogen-bond donors (Lipinski definition) is 2. The predicted molar refractivity (Wildman–Crippen MR) is 107 cm³/mol. The second-order valence-corrected chi connectivity index (χ2v) is 7.38. The summed E-state index contributed by atoms with van der Waals surface area (Å²) in [6, 6.07) is 14.6. The van der Waals surface area contributed by atoms with Gasteiger partial charge in [0.05, 0.1) is 18.4 Å². The summed E-state index contributed by atoms with van der Waals surface area (Å²) in [7, 11) is 1.58. The fraction of sp³-hybridized carbons (Fsp3) is 0.300. The summed E-state index contributed by atoms with van der Waals surface area (Å²) in [4.78, 5) is 27.6. The van der Waals surface area contributed by atoms with Crippen molar-refractivity contribution in [3.8, 4) is 5.75 Å². The molecule has 3 N–H and O–H groups in total. The van der Waals surface area contributed by atoms with Gasteiger partial charge in [-0.15, -0.1) is 11.8 Å². The fourth-order valence-corrected chi connectivity index (χ4v) is 3.80. The lowest BCUT2D eigenvalue weighted by Crippen LogP contribution is -2.32. The maximum absolute atomic E-state index is 12.8. The zero-order valence-electron chi connectivity index (χ0n) is 15.2. The lowest BCUT2D eigenvalue weighted by Gasteiger charge is -2.17. The normalized spacial score (nSPS) is 16.2. The van der Waals surface area contributed by atoms with Gasteiger partial charge >= 0.3 is 0 Å². The number of nitrogens with two attached hydrogens (primary N) is 1. The number of ether oxygens (including phenoxy) is 1. The number of methoxy groups -OCH3 is 1. The van der Waals surface area contributed by atoms with Crippen LogP contribution in [0.1, 0.15) is 16.8 Å². The van der Waals surface area contributed by atoms with Crippen LogP contribution < -0.4 is 15.8 Å². The van der Waals surface area contributed by atoms with E-state index in [-0.39, 0.29) is 23.6 Å². The quantitative estimate of drug-likeness (QED) is 0.747. The average molecular weight is 385 g/mol. The van der Waals surface area contributed by atoms with Crippen molar-refractivity contribution in [2.45, 2.75) is 17.4 Å². The summed E-state index contributed by atoms with van der Waals surface area (Å²) in [6.07, 6.45) is 0.823. The molecule has 2 aromatic carbocycles. The zero-order valence-corrected chi connectivity index (χ0v) is 16.0. The van der Waals surface area contributed by atoms with E-state index in [0.29, 0.717) is 30.1 Å². The first-order valence-electron chi connectivity index (χ1n) is 8.77. The van der Waals surface area contributed by atoms with Crippen LogP contribution in [-0.4, -0.2) is 48.7 Å². The standard InChI is InChI=1S/C20H23N3O3S/c1-26-16-6-4-5-15(11-16)22-19(24)13-27-18-8-3-2-7-17(18)20(25)23-10-9-14(21)12-23/h2-8,11,14H,9-10,12-13,21H2,1H3,(H,22,24)/t14-/m1/s1. The molecule has 1 atom stereocenters. The summed E-state index contributed by atoms with van der Waals surface area (Å²) < 4.78 is 5.16. The van der Waals surface area contributed by atoms with Crippen molar-refractivity contribution < 1.29 is 14.3 Å². The summed E-state index contributed by atoms with van der Waals surface area (Å²) in [6.45, 7) is 1.25. The predicted octanol–water partition coefficient (Wildman–Crippen LogP) is 2.60. The molecule has 6 nitrogen and oxygen atoms in total. The molecule has 27 heavy (non-hydrogen) atoms. The van der Waals surface area contributed by atoms with Gasteiger partial charge in [0.2, 0.25) is 5.91 Å². The van der Waals surface area contributed by atoms with Gasteiger partial charge in [-0.1, -0.05) is 18.2 Å². The molecular weight excluding hydrogens is 362 g/mol. The summed E-state index contributed by atoms with van der Waals surface area (Å²) in [5, 5.41) is 2.84. The highest BCUT2D eigenvalue weighted by molar-refractivity contribution is 8.00. The molecule has 1 heterocycles. The van der Waals surface area contributed by atoms with Gasteiger partial charge in [-0.3, -0.25) is 9.59 Å². The van der Waals surface area contributed by atoms with Crippen LogP contribution >= 0.6 is 11.8 Å². The number of rotatable bonds is 6. The Labute approximate surface area is 163 Å². The van der Waals surface area contributed by atoms with Gasteiger partial charge in [-0.25, -0.2) is 0 Å². The lowest BCUT2D eigenvalue weighted by molar-refractivity contribution is -0.113. The van der Waals surface area contributed by atoms with Gasteiger partial charge in [-0.2, -0.15) is 0 Å². The van der Waals surface area contributed by atoms with Crippen molar-refractivity contribution >= 4 is 29.3 Å². The van der Waals surface area contributed by atoms with Crippen LogP contribution in [0.5, 0.6) is 5.75 Å². The van der Waals surface area contributed by atoms with E-state index < -0.39 is 0 Å². The maximum Gasteiger partial charge on any atom is 0.255 e. The van der Waals surface area contributed by atoms with Crippen LogP contribution in [0.4, 0.5) is 5.69 Å². The molecule has 0 bridgehead atoms. The molecule has 2 aromatic rings. The van der Waals surface area contributed by atoms with Gasteiger partial charge in [0, 0.05) is 35.8 Å². The minimum absolute atomic E-state index is 0.0285. The Balaban J connectivity index is 1.62. The van der Waals surface area contributed by atoms with Crippen molar-refractivity contribution in [3.63, 3.8) is 0 Å². The molecule has 0 saturated carbocycles. The smallest absolute Gasteiger partial charge is 0.255 e. The molecule has 0 spiro atoms. The topological polar surface area (TPSA) is 84.7 Å². The molecule has 1 aliphatic rings. The van der Waals surface area contributed by atoms with Crippen LogP contribution in [0, 0.1) is 0 Å². The molecule has 142 valence electrons. The van der Waals surface area contributed by atoms with Gasteiger partial charge in [-0.05, 0) is 30.7 Å². The Hall–Kier alpha value is -2.51. The molecule has 0 unspecified atom stereocenters. The van der Waals surface area contributed by atoms with E-state index in [1.165, 1.54) is 11.8 Å². The Morgan fingerprint density at radius 3 is 2.81 bits per heavy atom. The molecular formula is C20H23N3O3S. The molecule has 2 amide bonds. The van der Waals surface area contributed by atoms with E-state index in [9.17, 15) is 9.59 Å². The van der Waals surface area contributed by atoms with E-state index in [1.54, 1.807) is 30.2 Å².